The summed E-state index contributed by atoms with van der Waals surface area (Å²) in [5.41, 5.74) is 2.53. The molecule has 0 spiro atoms. The lowest BCUT2D eigenvalue weighted by atomic mass is 9.89. The van der Waals surface area contributed by atoms with Crippen molar-refractivity contribution >= 4 is 52.6 Å². The number of para-hydroxylation sites is 2. The van der Waals surface area contributed by atoms with Crippen LogP contribution >= 0.6 is 11.8 Å². The summed E-state index contributed by atoms with van der Waals surface area (Å²) in [5.74, 6) is -0.707. The maximum absolute atomic E-state index is 13.7. The molecule has 0 aliphatic heterocycles. The van der Waals surface area contributed by atoms with Crippen molar-refractivity contribution in [1.82, 2.24) is 5.32 Å². The minimum Gasteiger partial charge on any atom is -0.481 e. The normalized spacial score (nSPS) is 13.1. The summed E-state index contributed by atoms with van der Waals surface area (Å²) in [6.45, 7) is 0.316. The average molecular weight is 603 g/mol. The Morgan fingerprint density at radius 2 is 1.60 bits per heavy atom. The van der Waals surface area contributed by atoms with Crippen LogP contribution in [0.2, 0.25) is 0 Å². The number of thioether (sulfide) groups is 1. The SMILES string of the molecule is CN(C(=O)CSc1ccccc1N(CC1CCCCC1)C(=O)CNC(=O)Nc1cccc(CC(=O)O)c1)c1ccccc1. The van der Waals surface area contributed by atoms with Crippen molar-refractivity contribution in [3.63, 3.8) is 0 Å². The second kappa shape index (κ2) is 15.8. The van der Waals surface area contributed by atoms with Gasteiger partial charge in [0.05, 0.1) is 24.4 Å². The minimum atomic E-state index is -0.962. The Labute approximate surface area is 256 Å². The van der Waals surface area contributed by atoms with Crippen molar-refractivity contribution < 1.29 is 24.3 Å². The zero-order chi connectivity index (χ0) is 30.6. The van der Waals surface area contributed by atoms with Gasteiger partial charge in [0.25, 0.3) is 0 Å². The minimum absolute atomic E-state index is 0.0538. The molecule has 1 fully saturated rings. The predicted molar refractivity (Wildman–Crippen MR) is 171 cm³/mol. The van der Waals surface area contributed by atoms with Gasteiger partial charge < -0.3 is 25.5 Å². The number of carboxylic acids is 1. The molecule has 3 aromatic rings. The highest BCUT2D eigenvalue weighted by Gasteiger charge is 2.25. The van der Waals surface area contributed by atoms with Crippen LogP contribution in [0.5, 0.6) is 0 Å². The van der Waals surface area contributed by atoms with E-state index in [1.807, 2.05) is 54.6 Å². The van der Waals surface area contributed by atoms with E-state index in [1.165, 1.54) is 18.2 Å². The Balaban J connectivity index is 1.44. The maximum Gasteiger partial charge on any atom is 0.319 e. The second-order valence-corrected chi connectivity index (χ2v) is 11.6. The van der Waals surface area contributed by atoms with Crippen LogP contribution in [-0.2, 0) is 20.8 Å². The molecule has 0 saturated heterocycles. The van der Waals surface area contributed by atoms with Gasteiger partial charge >= 0.3 is 12.0 Å². The molecule has 0 bridgehead atoms. The number of hydrogen-bond donors (Lipinski definition) is 3. The molecule has 0 unspecified atom stereocenters. The molecular formula is C33H38N4O5S. The second-order valence-electron chi connectivity index (χ2n) is 10.6. The molecule has 0 radical (unpaired) electrons. The van der Waals surface area contributed by atoms with E-state index in [0.717, 1.165) is 42.0 Å². The van der Waals surface area contributed by atoms with Gasteiger partial charge in [-0.2, -0.15) is 0 Å². The van der Waals surface area contributed by atoms with Gasteiger partial charge in [-0.05, 0) is 60.7 Å². The Morgan fingerprint density at radius 1 is 0.884 bits per heavy atom. The number of urea groups is 1. The van der Waals surface area contributed by atoms with Gasteiger partial charge in [0.2, 0.25) is 11.8 Å². The van der Waals surface area contributed by atoms with E-state index in [9.17, 15) is 19.2 Å². The fourth-order valence-corrected chi connectivity index (χ4v) is 6.13. The van der Waals surface area contributed by atoms with Crippen molar-refractivity contribution in [2.75, 3.05) is 41.0 Å². The van der Waals surface area contributed by atoms with Crippen LogP contribution in [0.25, 0.3) is 0 Å². The summed E-state index contributed by atoms with van der Waals surface area (Å²) in [5, 5.41) is 14.4. The van der Waals surface area contributed by atoms with E-state index >= 15 is 0 Å². The summed E-state index contributed by atoms with van der Waals surface area (Å²) in [6, 6.07) is 23.1. The summed E-state index contributed by atoms with van der Waals surface area (Å²) in [6.07, 6.45) is 5.39. The molecule has 1 aliphatic rings. The fraction of sp³-hybridized carbons (Fsp3) is 0.333. The number of anilines is 3. The maximum atomic E-state index is 13.7. The lowest BCUT2D eigenvalue weighted by molar-refractivity contribution is -0.136. The van der Waals surface area contributed by atoms with Gasteiger partial charge in [-0.1, -0.05) is 61.7 Å². The standard InChI is InChI=1S/C33H38N4O5S/c1-36(27-15-6-3-7-16-27)31(39)23-43-29-18-9-8-17-28(29)37(22-24-11-4-2-5-12-24)30(38)21-34-33(42)35-26-14-10-13-25(19-26)20-32(40)41/h3,6-10,13-19,24H,2,4-5,11-12,20-23H2,1H3,(H,40,41)(H2,34,35,42). The highest BCUT2D eigenvalue weighted by atomic mass is 32.2. The van der Waals surface area contributed by atoms with Crippen LogP contribution in [0, 0.1) is 5.92 Å². The molecule has 0 aromatic heterocycles. The summed E-state index contributed by atoms with van der Waals surface area (Å²) >= 11 is 1.39. The first-order chi connectivity index (χ1) is 20.8. The van der Waals surface area contributed by atoms with Crippen LogP contribution in [-0.4, -0.2) is 54.8 Å². The number of nitrogens with one attached hydrogen (secondary N) is 2. The molecule has 43 heavy (non-hydrogen) atoms. The monoisotopic (exact) mass is 602 g/mol. The number of benzene rings is 3. The van der Waals surface area contributed by atoms with E-state index in [2.05, 4.69) is 10.6 Å². The Hall–Kier alpha value is -4.31. The number of carbonyl (C=O) groups is 4. The summed E-state index contributed by atoms with van der Waals surface area (Å²) in [4.78, 5) is 54.5. The molecule has 9 nitrogen and oxygen atoms in total. The molecule has 226 valence electrons. The first kappa shape index (κ1) is 31.6. The van der Waals surface area contributed by atoms with Crippen molar-refractivity contribution in [2.45, 2.75) is 43.4 Å². The van der Waals surface area contributed by atoms with Gasteiger partial charge in [0.1, 0.15) is 0 Å². The lowest BCUT2D eigenvalue weighted by Gasteiger charge is -2.31. The molecule has 4 amide bonds. The van der Waals surface area contributed by atoms with Gasteiger partial charge in [0, 0.05) is 29.9 Å². The number of carboxylic acid groups (broad SMARTS) is 1. The number of amides is 4. The molecule has 4 rings (SSSR count). The average Bonchev–Trinajstić information content (AvgIpc) is 3.02. The lowest BCUT2D eigenvalue weighted by Crippen LogP contribution is -2.44. The van der Waals surface area contributed by atoms with Crippen LogP contribution in [0.3, 0.4) is 0 Å². The molecule has 0 atom stereocenters. The van der Waals surface area contributed by atoms with Crippen LogP contribution < -0.4 is 20.4 Å². The molecule has 3 N–H and O–H groups in total. The van der Waals surface area contributed by atoms with Crippen molar-refractivity contribution in [2.24, 2.45) is 5.92 Å². The Morgan fingerprint density at radius 3 is 2.35 bits per heavy atom. The van der Waals surface area contributed by atoms with Crippen LogP contribution in [0.4, 0.5) is 21.9 Å². The summed E-state index contributed by atoms with van der Waals surface area (Å²) in [7, 11) is 1.75. The fourth-order valence-electron chi connectivity index (χ4n) is 5.16. The van der Waals surface area contributed by atoms with E-state index in [4.69, 9.17) is 5.11 Å². The quantitative estimate of drug-likeness (QED) is 0.225. The zero-order valence-corrected chi connectivity index (χ0v) is 25.1. The predicted octanol–water partition coefficient (Wildman–Crippen LogP) is 5.80. The topological polar surface area (TPSA) is 119 Å². The van der Waals surface area contributed by atoms with Crippen LogP contribution in [0.1, 0.15) is 37.7 Å². The molecule has 0 heterocycles. The number of nitrogens with zero attached hydrogens (tertiary/aromatic N) is 2. The third-order valence-corrected chi connectivity index (χ3v) is 8.48. The van der Waals surface area contributed by atoms with Crippen molar-refractivity contribution in [3.8, 4) is 0 Å². The smallest absolute Gasteiger partial charge is 0.319 e. The highest BCUT2D eigenvalue weighted by molar-refractivity contribution is 8.00. The largest absolute Gasteiger partial charge is 0.481 e. The third-order valence-electron chi connectivity index (χ3n) is 7.43. The first-order valence-electron chi connectivity index (χ1n) is 14.5. The Kier molecular flexibility index (Phi) is 11.6. The molecule has 3 aromatic carbocycles. The van der Waals surface area contributed by atoms with E-state index in [0.29, 0.717) is 23.7 Å². The van der Waals surface area contributed by atoms with Gasteiger partial charge in [-0.15, -0.1) is 11.8 Å². The Bertz CT molecular complexity index is 1410. The number of rotatable bonds is 12. The van der Waals surface area contributed by atoms with Gasteiger partial charge in [-0.3, -0.25) is 14.4 Å². The van der Waals surface area contributed by atoms with E-state index in [-0.39, 0.29) is 30.5 Å². The number of hydrogen-bond acceptors (Lipinski definition) is 5. The van der Waals surface area contributed by atoms with E-state index in [1.54, 1.807) is 41.1 Å². The molecule has 1 saturated carbocycles. The molecular weight excluding hydrogens is 564 g/mol. The first-order valence-corrected chi connectivity index (χ1v) is 15.5. The summed E-state index contributed by atoms with van der Waals surface area (Å²) < 4.78 is 0. The zero-order valence-electron chi connectivity index (χ0n) is 24.3. The molecule has 10 heteroatoms. The number of aliphatic carboxylic acids is 1. The van der Waals surface area contributed by atoms with Gasteiger partial charge in [0.15, 0.2) is 0 Å². The van der Waals surface area contributed by atoms with Crippen LogP contribution in [0.15, 0.2) is 83.8 Å². The molecule has 1 aliphatic carbocycles. The highest BCUT2D eigenvalue weighted by Crippen LogP contribution is 2.33. The van der Waals surface area contributed by atoms with Gasteiger partial charge in [-0.25, -0.2) is 4.79 Å². The van der Waals surface area contributed by atoms with E-state index < -0.39 is 12.0 Å². The van der Waals surface area contributed by atoms with Crippen molar-refractivity contribution in [3.05, 3.63) is 84.4 Å². The number of carbonyl (C=O) groups excluding carboxylic acids is 3. The van der Waals surface area contributed by atoms with Crippen molar-refractivity contribution in [1.29, 1.82) is 0 Å². The third kappa shape index (κ3) is 9.61.